The average molecular weight is 316 g/mol. The third-order valence-corrected chi connectivity index (χ3v) is 4.08. The maximum atomic E-state index is 13.2. The van der Waals surface area contributed by atoms with Gasteiger partial charge in [0, 0.05) is 19.5 Å². The van der Waals surface area contributed by atoms with Gasteiger partial charge in [0.15, 0.2) is 5.79 Å². The largest absolute Gasteiger partial charge is 0.346 e. The van der Waals surface area contributed by atoms with Gasteiger partial charge in [-0.2, -0.15) is 0 Å². The van der Waals surface area contributed by atoms with Crippen LogP contribution in [0.25, 0.3) is 0 Å². The molecule has 0 amide bonds. The lowest BCUT2D eigenvalue weighted by atomic mass is 10.2. The molecule has 5 heteroatoms. The molecule has 0 radical (unpaired) electrons. The van der Waals surface area contributed by atoms with Crippen LogP contribution in [0.1, 0.15) is 12.0 Å². The number of hydrogen-bond donors (Lipinski definition) is 0. The first-order valence-corrected chi connectivity index (χ1v) is 6.90. The summed E-state index contributed by atoms with van der Waals surface area (Å²) in [5, 5.41) is 0. The molecular formula is C13H15BrFNO2. The topological polar surface area (TPSA) is 21.7 Å². The summed E-state index contributed by atoms with van der Waals surface area (Å²) in [7, 11) is 0. The molecule has 0 unspecified atom stereocenters. The van der Waals surface area contributed by atoms with E-state index in [1.807, 2.05) is 12.1 Å². The molecule has 0 atom stereocenters. The number of rotatable bonds is 2. The van der Waals surface area contributed by atoms with E-state index in [-0.39, 0.29) is 11.6 Å². The minimum absolute atomic E-state index is 0.223. The summed E-state index contributed by atoms with van der Waals surface area (Å²) in [6.45, 7) is 3.93. The lowest BCUT2D eigenvalue weighted by molar-refractivity contribution is -0.145. The maximum absolute atomic E-state index is 13.2. The third-order valence-electron chi connectivity index (χ3n) is 3.48. The Labute approximate surface area is 114 Å². The van der Waals surface area contributed by atoms with E-state index >= 15 is 0 Å². The van der Waals surface area contributed by atoms with Gasteiger partial charge in [0.2, 0.25) is 0 Å². The summed E-state index contributed by atoms with van der Waals surface area (Å²) < 4.78 is 25.0. The van der Waals surface area contributed by atoms with Crippen molar-refractivity contribution >= 4 is 15.9 Å². The minimum atomic E-state index is -0.378. The number of nitrogens with zero attached hydrogens (tertiary/aromatic N) is 1. The Balaban J connectivity index is 1.65. The average Bonchev–Trinajstić information content (AvgIpc) is 2.96. The van der Waals surface area contributed by atoms with Gasteiger partial charge in [0.1, 0.15) is 5.82 Å². The van der Waals surface area contributed by atoms with Crippen LogP contribution in [0.5, 0.6) is 0 Å². The van der Waals surface area contributed by atoms with Crippen molar-refractivity contribution in [2.24, 2.45) is 0 Å². The van der Waals surface area contributed by atoms with E-state index in [1.165, 1.54) is 6.07 Å². The van der Waals surface area contributed by atoms with E-state index < -0.39 is 0 Å². The molecule has 0 aliphatic carbocycles. The maximum Gasteiger partial charge on any atom is 0.182 e. The Morgan fingerprint density at radius 2 is 2.11 bits per heavy atom. The van der Waals surface area contributed by atoms with Crippen molar-refractivity contribution in [3.63, 3.8) is 0 Å². The molecule has 98 valence electrons. The Bertz CT molecular complexity index is 449. The Morgan fingerprint density at radius 3 is 2.83 bits per heavy atom. The zero-order chi connectivity index (χ0) is 12.6. The highest BCUT2D eigenvalue weighted by Crippen LogP contribution is 2.31. The normalized spacial score (nSPS) is 23.0. The number of hydrogen-bond acceptors (Lipinski definition) is 3. The summed E-state index contributed by atoms with van der Waals surface area (Å²) in [5.74, 6) is -0.601. The SMILES string of the molecule is Fc1ccc(CN2CCC3(C2)OCCO3)cc1Br. The second kappa shape index (κ2) is 4.89. The fourth-order valence-electron chi connectivity index (χ4n) is 2.59. The van der Waals surface area contributed by atoms with Crippen LogP contribution < -0.4 is 0 Å². The fraction of sp³-hybridized carbons (Fsp3) is 0.538. The molecule has 1 spiro atoms. The van der Waals surface area contributed by atoms with Crippen LogP contribution in [-0.4, -0.2) is 37.0 Å². The van der Waals surface area contributed by atoms with E-state index in [4.69, 9.17) is 9.47 Å². The molecule has 3 rings (SSSR count). The summed E-state index contributed by atoms with van der Waals surface area (Å²) in [4.78, 5) is 2.28. The molecule has 0 saturated carbocycles. The Kier molecular flexibility index (Phi) is 3.40. The standard InChI is InChI=1S/C13H15BrFNO2/c14-11-7-10(1-2-12(11)15)8-16-4-3-13(9-16)17-5-6-18-13/h1-2,7H,3-6,8-9H2. The van der Waals surface area contributed by atoms with Gasteiger partial charge in [-0.1, -0.05) is 6.07 Å². The summed E-state index contributed by atoms with van der Waals surface area (Å²) in [6, 6.07) is 5.14. The van der Waals surface area contributed by atoms with Crippen LogP contribution in [0.3, 0.4) is 0 Å². The van der Waals surface area contributed by atoms with E-state index in [9.17, 15) is 4.39 Å². The monoisotopic (exact) mass is 315 g/mol. The van der Waals surface area contributed by atoms with Crippen molar-refractivity contribution in [2.75, 3.05) is 26.3 Å². The van der Waals surface area contributed by atoms with Gasteiger partial charge in [0.05, 0.1) is 24.2 Å². The van der Waals surface area contributed by atoms with Gasteiger partial charge in [0.25, 0.3) is 0 Å². The zero-order valence-corrected chi connectivity index (χ0v) is 11.6. The predicted molar refractivity (Wildman–Crippen MR) is 68.6 cm³/mol. The molecule has 2 saturated heterocycles. The Morgan fingerprint density at radius 1 is 1.33 bits per heavy atom. The second-order valence-electron chi connectivity index (χ2n) is 4.82. The van der Waals surface area contributed by atoms with Gasteiger partial charge in [-0.3, -0.25) is 4.90 Å². The number of ether oxygens (including phenoxy) is 2. The van der Waals surface area contributed by atoms with Crippen molar-refractivity contribution in [3.8, 4) is 0 Å². The molecule has 2 heterocycles. The van der Waals surface area contributed by atoms with E-state index in [0.717, 1.165) is 31.6 Å². The zero-order valence-electron chi connectivity index (χ0n) is 9.99. The van der Waals surface area contributed by atoms with Gasteiger partial charge >= 0.3 is 0 Å². The first-order chi connectivity index (χ1) is 8.67. The van der Waals surface area contributed by atoms with Crippen molar-refractivity contribution in [1.29, 1.82) is 0 Å². The number of halogens is 2. The van der Waals surface area contributed by atoms with Gasteiger partial charge < -0.3 is 9.47 Å². The van der Waals surface area contributed by atoms with Crippen LogP contribution in [0.15, 0.2) is 22.7 Å². The molecule has 18 heavy (non-hydrogen) atoms. The smallest absolute Gasteiger partial charge is 0.182 e. The summed E-state index contributed by atoms with van der Waals surface area (Å²) in [5.41, 5.74) is 1.10. The van der Waals surface area contributed by atoms with E-state index in [0.29, 0.717) is 17.7 Å². The van der Waals surface area contributed by atoms with Crippen molar-refractivity contribution in [1.82, 2.24) is 4.90 Å². The highest BCUT2D eigenvalue weighted by atomic mass is 79.9. The molecule has 1 aromatic rings. The molecule has 0 aromatic heterocycles. The lowest BCUT2D eigenvalue weighted by Crippen LogP contribution is -2.34. The highest BCUT2D eigenvalue weighted by molar-refractivity contribution is 9.10. The van der Waals surface area contributed by atoms with Crippen LogP contribution >= 0.6 is 15.9 Å². The Hall–Kier alpha value is -0.490. The second-order valence-corrected chi connectivity index (χ2v) is 5.67. The van der Waals surface area contributed by atoms with Crippen molar-refractivity contribution in [3.05, 3.63) is 34.1 Å². The van der Waals surface area contributed by atoms with Crippen LogP contribution in [0.4, 0.5) is 4.39 Å². The molecule has 0 bridgehead atoms. The number of benzene rings is 1. The molecule has 2 aliphatic heterocycles. The van der Waals surface area contributed by atoms with Crippen LogP contribution in [0, 0.1) is 5.82 Å². The molecular weight excluding hydrogens is 301 g/mol. The van der Waals surface area contributed by atoms with Crippen LogP contribution in [0.2, 0.25) is 0 Å². The first kappa shape index (κ1) is 12.5. The fourth-order valence-corrected chi connectivity index (χ4v) is 3.02. The number of likely N-dealkylation sites (tertiary alicyclic amines) is 1. The molecule has 1 aromatic carbocycles. The van der Waals surface area contributed by atoms with Crippen LogP contribution in [-0.2, 0) is 16.0 Å². The van der Waals surface area contributed by atoms with Crippen molar-refractivity contribution in [2.45, 2.75) is 18.8 Å². The molecule has 0 N–H and O–H groups in total. The molecule has 3 nitrogen and oxygen atoms in total. The summed E-state index contributed by atoms with van der Waals surface area (Å²) in [6.07, 6.45) is 0.912. The van der Waals surface area contributed by atoms with Gasteiger partial charge in [-0.05, 0) is 33.6 Å². The quantitative estimate of drug-likeness (QED) is 0.837. The van der Waals surface area contributed by atoms with Gasteiger partial charge in [-0.25, -0.2) is 4.39 Å². The molecule has 2 aliphatic rings. The van der Waals surface area contributed by atoms with Crippen molar-refractivity contribution < 1.29 is 13.9 Å². The molecule has 2 fully saturated rings. The summed E-state index contributed by atoms with van der Waals surface area (Å²) >= 11 is 3.21. The lowest BCUT2D eigenvalue weighted by Gasteiger charge is -2.22. The predicted octanol–water partition coefficient (Wildman–Crippen LogP) is 2.54. The first-order valence-electron chi connectivity index (χ1n) is 6.11. The van der Waals surface area contributed by atoms with E-state index in [1.54, 1.807) is 0 Å². The third kappa shape index (κ3) is 2.45. The highest BCUT2D eigenvalue weighted by Gasteiger charge is 2.42. The van der Waals surface area contributed by atoms with E-state index in [2.05, 4.69) is 20.8 Å². The van der Waals surface area contributed by atoms with Gasteiger partial charge in [-0.15, -0.1) is 0 Å². The minimum Gasteiger partial charge on any atom is -0.346 e.